The molecule has 0 atom stereocenters. The van der Waals surface area contributed by atoms with Crippen molar-refractivity contribution in [2.45, 2.75) is 6.92 Å². The monoisotopic (exact) mass is 456 g/mol. The van der Waals surface area contributed by atoms with Crippen molar-refractivity contribution in [3.63, 3.8) is 0 Å². The van der Waals surface area contributed by atoms with Crippen molar-refractivity contribution in [2.75, 3.05) is 6.54 Å². The van der Waals surface area contributed by atoms with Crippen LogP contribution in [0.25, 0.3) is 44.9 Å². The molecule has 6 nitrogen and oxygen atoms in total. The zero-order valence-corrected chi connectivity index (χ0v) is 19.0. The number of hydrogen-bond donors (Lipinski definition) is 0. The van der Waals surface area contributed by atoms with E-state index in [0.717, 1.165) is 22.1 Å². The maximum atomic E-state index is 13.0. The third kappa shape index (κ3) is 3.38. The van der Waals surface area contributed by atoms with E-state index in [2.05, 4.69) is 0 Å². The number of carbonyl (C=O) groups is 2. The SMILES string of the molecule is CCN1C(=O)c2cccc3c(-c4nc(-c5ccccc5)nc(-c5ccccc5)n4)ccc(c23)C1=O. The van der Waals surface area contributed by atoms with E-state index in [1.54, 1.807) is 19.1 Å². The van der Waals surface area contributed by atoms with E-state index in [1.165, 1.54) is 4.90 Å². The zero-order chi connectivity index (χ0) is 23.9. The van der Waals surface area contributed by atoms with E-state index in [4.69, 9.17) is 15.0 Å². The second kappa shape index (κ2) is 8.25. The molecule has 0 bridgehead atoms. The van der Waals surface area contributed by atoms with Gasteiger partial charge in [-0.15, -0.1) is 0 Å². The Morgan fingerprint density at radius 2 is 1.09 bits per heavy atom. The summed E-state index contributed by atoms with van der Waals surface area (Å²) in [4.78, 5) is 41.7. The van der Waals surface area contributed by atoms with Gasteiger partial charge in [0.1, 0.15) is 0 Å². The third-order valence-corrected chi connectivity index (χ3v) is 6.25. The summed E-state index contributed by atoms with van der Waals surface area (Å²) in [5.41, 5.74) is 3.52. The molecule has 0 fully saturated rings. The number of hydrogen-bond acceptors (Lipinski definition) is 5. The van der Waals surface area contributed by atoms with Crippen LogP contribution in [0.4, 0.5) is 0 Å². The van der Waals surface area contributed by atoms with Crippen molar-refractivity contribution in [3.05, 3.63) is 102 Å². The van der Waals surface area contributed by atoms with Crippen LogP contribution in [0.1, 0.15) is 27.6 Å². The van der Waals surface area contributed by atoms with E-state index < -0.39 is 0 Å². The van der Waals surface area contributed by atoms with Crippen molar-refractivity contribution in [2.24, 2.45) is 0 Å². The van der Waals surface area contributed by atoms with Gasteiger partial charge in [0, 0.05) is 39.7 Å². The van der Waals surface area contributed by atoms with Gasteiger partial charge in [0.2, 0.25) is 0 Å². The van der Waals surface area contributed by atoms with Crippen molar-refractivity contribution < 1.29 is 9.59 Å². The Bertz CT molecular complexity index is 1540. The number of nitrogens with zero attached hydrogens (tertiary/aromatic N) is 4. The first kappa shape index (κ1) is 20.9. The summed E-state index contributed by atoms with van der Waals surface area (Å²) >= 11 is 0. The summed E-state index contributed by atoms with van der Waals surface area (Å²) in [6.45, 7) is 2.12. The second-order valence-electron chi connectivity index (χ2n) is 8.28. The van der Waals surface area contributed by atoms with Gasteiger partial charge < -0.3 is 0 Å². The summed E-state index contributed by atoms with van der Waals surface area (Å²) in [7, 11) is 0. The van der Waals surface area contributed by atoms with Gasteiger partial charge in [-0.25, -0.2) is 15.0 Å². The number of carbonyl (C=O) groups excluding carboxylic acids is 2. The fraction of sp³-hybridized carbons (Fsp3) is 0.0690. The molecule has 35 heavy (non-hydrogen) atoms. The fourth-order valence-electron chi connectivity index (χ4n) is 4.56. The topological polar surface area (TPSA) is 76.1 Å². The molecule has 0 N–H and O–H groups in total. The number of amides is 2. The molecule has 5 aromatic rings. The molecule has 4 aromatic carbocycles. The van der Waals surface area contributed by atoms with Crippen LogP contribution >= 0.6 is 0 Å². The average Bonchev–Trinajstić information content (AvgIpc) is 2.92. The highest BCUT2D eigenvalue weighted by Crippen LogP contribution is 2.36. The van der Waals surface area contributed by atoms with E-state index >= 15 is 0 Å². The van der Waals surface area contributed by atoms with Gasteiger partial charge in [-0.1, -0.05) is 72.8 Å². The normalized spacial score (nSPS) is 12.9. The molecule has 0 radical (unpaired) electrons. The highest BCUT2D eigenvalue weighted by Gasteiger charge is 2.32. The van der Waals surface area contributed by atoms with Crippen LogP contribution in [0.5, 0.6) is 0 Å². The summed E-state index contributed by atoms with van der Waals surface area (Å²) in [6, 6.07) is 28.7. The number of benzene rings is 4. The van der Waals surface area contributed by atoms with Gasteiger partial charge in [0.15, 0.2) is 17.5 Å². The van der Waals surface area contributed by atoms with Crippen molar-refractivity contribution in [1.82, 2.24) is 19.9 Å². The molecular weight excluding hydrogens is 436 g/mol. The molecule has 1 aromatic heterocycles. The highest BCUT2D eigenvalue weighted by atomic mass is 16.2. The lowest BCUT2D eigenvalue weighted by Crippen LogP contribution is -2.40. The minimum absolute atomic E-state index is 0.279. The van der Waals surface area contributed by atoms with E-state index in [-0.39, 0.29) is 11.8 Å². The van der Waals surface area contributed by atoms with E-state index in [0.29, 0.717) is 40.5 Å². The predicted octanol–water partition coefficient (Wildman–Crippen LogP) is 5.64. The first-order valence-corrected chi connectivity index (χ1v) is 11.4. The molecule has 168 valence electrons. The van der Waals surface area contributed by atoms with Gasteiger partial charge in [-0.2, -0.15) is 0 Å². The maximum absolute atomic E-state index is 13.0. The molecule has 1 aliphatic rings. The molecular formula is C29H20N4O2. The van der Waals surface area contributed by atoms with Crippen LogP contribution in [0.3, 0.4) is 0 Å². The van der Waals surface area contributed by atoms with Crippen LogP contribution in [0, 0.1) is 0 Å². The second-order valence-corrected chi connectivity index (χ2v) is 8.28. The van der Waals surface area contributed by atoms with E-state index in [9.17, 15) is 9.59 Å². The standard InChI is InChI=1S/C29H20N4O2/c1-2-33-28(34)22-15-9-14-20-21(16-17-23(24(20)22)29(33)35)27-31-25(18-10-5-3-6-11-18)30-26(32-27)19-12-7-4-8-13-19/h3-17H,2H2,1H3. The summed E-state index contributed by atoms with van der Waals surface area (Å²) in [5, 5.41) is 1.41. The molecule has 0 aliphatic carbocycles. The highest BCUT2D eigenvalue weighted by molar-refractivity contribution is 6.26. The Labute approximate surface area is 201 Å². The summed E-state index contributed by atoms with van der Waals surface area (Å²) in [6.07, 6.45) is 0. The van der Waals surface area contributed by atoms with Gasteiger partial charge in [0.25, 0.3) is 11.8 Å². The van der Waals surface area contributed by atoms with Crippen molar-refractivity contribution in [1.29, 1.82) is 0 Å². The molecule has 2 amide bonds. The van der Waals surface area contributed by atoms with E-state index in [1.807, 2.05) is 78.9 Å². The lowest BCUT2D eigenvalue weighted by Gasteiger charge is -2.26. The Hall–Kier alpha value is -4.71. The lowest BCUT2D eigenvalue weighted by atomic mass is 9.91. The third-order valence-electron chi connectivity index (χ3n) is 6.25. The molecule has 2 heterocycles. The molecule has 6 rings (SSSR count). The van der Waals surface area contributed by atoms with Crippen LogP contribution in [0.2, 0.25) is 0 Å². The van der Waals surface area contributed by atoms with Crippen LogP contribution in [-0.4, -0.2) is 38.2 Å². The first-order valence-electron chi connectivity index (χ1n) is 11.4. The zero-order valence-electron chi connectivity index (χ0n) is 19.0. The number of aromatic nitrogens is 3. The quantitative estimate of drug-likeness (QED) is 0.327. The maximum Gasteiger partial charge on any atom is 0.261 e. The Balaban J connectivity index is 1.62. The molecule has 0 saturated heterocycles. The van der Waals surface area contributed by atoms with Crippen molar-refractivity contribution in [3.8, 4) is 34.2 Å². The molecule has 0 saturated carbocycles. The van der Waals surface area contributed by atoms with Crippen LogP contribution in [0.15, 0.2) is 91.0 Å². The predicted molar refractivity (Wildman–Crippen MR) is 135 cm³/mol. The number of rotatable bonds is 4. The van der Waals surface area contributed by atoms with Crippen LogP contribution < -0.4 is 0 Å². The Morgan fingerprint density at radius 3 is 1.66 bits per heavy atom. The fourth-order valence-corrected chi connectivity index (χ4v) is 4.56. The summed E-state index contributed by atoms with van der Waals surface area (Å²) < 4.78 is 0. The minimum atomic E-state index is -0.279. The van der Waals surface area contributed by atoms with Crippen LogP contribution in [-0.2, 0) is 0 Å². The largest absolute Gasteiger partial charge is 0.275 e. The summed E-state index contributed by atoms with van der Waals surface area (Å²) in [5.74, 6) is 1.04. The van der Waals surface area contributed by atoms with Gasteiger partial charge in [0.05, 0.1) is 0 Å². The smallest absolute Gasteiger partial charge is 0.261 e. The first-order chi connectivity index (χ1) is 17.2. The van der Waals surface area contributed by atoms with Gasteiger partial charge in [-0.3, -0.25) is 14.5 Å². The molecule has 1 aliphatic heterocycles. The Morgan fingerprint density at radius 1 is 0.571 bits per heavy atom. The minimum Gasteiger partial charge on any atom is -0.275 e. The van der Waals surface area contributed by atoms with Gasteiger partial charge in [-0.05, 0) is 30.5 Å². The molecule has 0 spiro atoms. The lowest BCUT2D eigenvalue weighted by molar-refractivity contribution is 0.0619. The molecule has 0 unspecified atom stereocenters. The van der Waals surface area contributed by atoms with Crippen molar-refractivity contribution >= 4 is 22.6 Å². The number of imide groups is 1. The average molecular weight is 457 g/mol. The Kier molecular flexibility index (Phi) is 4.92. The van der Waals surface area contributed by atoms with Gasteiger partial charge >= 0.3 is 0 Å². The molecule has 6 heteroatoms.